The molecule has 5 aromatic carbocycles. The quantitative estimate of drug-likeness (QED) is 0.108. The molecule has 2 heterocycles. The van der Waals surface area contributed by atoms with Crippen LogP contribution in [0.5, 0.6) is 0 Å². The zero-order valence-electron chi connectivity index (χ0n) is 27.6. The third kappa shape index (κ3) is 6.65. The summed E-state index contributed by atoms with van der Waals surface area (Å²) < 4.78 is 2.32. The van der Waals surface area contributed by atoms with E-state index >= 15 is 0 Å². The van der Waals surface area contributed by atoms with Crippen molar-refractivity contribution in [2.75, 3.05) is 0 Å². The summed E-state index contributed by atoms with van der Waals surface area (Å²) in [6.45, 7) is 11.1. The van der Waals surface area contributed by atoms with Gasteiger partial charge in [-0.25, -0.2) is 0 Å². The van der Waals surface area contributed by atoms with Crippen LogP contribution in [-0.2, 0) is 24.9 Å². The van der Waals surface area contributed by atoms with Gasteiger partial charge in [0, 0.05) is 53.3 Å². The van der Waals surface area contributed by atoms with Crippen LogP contribution in [0.1, 0.15) is 41.5 Å². The fourth-order valence-corrected chi connectivity index (χ4v) is 5.65. The molecule has 0 aliphatic heterocycles. The van der Waals surface area contributed by atoms with Gasteiger partial charge in [0.15, 0.2) is 5.78 Å². The Bertz CT molecular complexity index is 2300. The number of para-hydroxylation sites is 2. The van der Waals surface area contributed by atoms with Crippen molar-refractivity contribution >= 4 is 54.7 Å². The van der Waals surface area contributed by atoms with E-state index < -0.39 is 5.41 Å². The summed E-state index contributed by atoms with van der Waals surface area (Å²) in [4.78, 5) is 16.6. The molecule has 7 rings (SSSR count). The molecule has 47 heavy (non-hydrogen) atoms. The van der Waals surface area contributed by atoms with Gasteiger partial charge >= 0.3 is 0 Å². The minimum atomic E-state index is -0.417. The Labute approximate surface area is 289 Å². The van der Waals surface area contributed by atoms with E-state index in [1.807, 2.05) is 59.7 Å². The van der Waals surface area contributed by atoms with E-state index in [-0.39, 0.29) is 37.1 Å². The van der Waals surface area contributed by atoms with Gasteiger partial charge in [-0.15, -0.1) is 35.9 Å². The molecule has 0 fully saturated rings. The molecule has 7 aromatic rings. The number of rotatable bonds is 2. The molecular formula is C42H39IrN2O2-. The average Bonchev–Trinajstić information content (AvgIpc) is 3.45. The van der Waals surface area contributed by atoms with Gasteiger partial charge in [0.2, 0.25) is 0 Å². The number of ketones is 1. The molecule has 0 bridgehead atoms. The standard InChI is InChI=1S/C31H19N2.C11H20O2.Ir/c1-2-11-21(12-3-1)31-32-28-19-10-18-27-25-16-7-5-14-23(25)22-13-4-6-15-24(22)26-17-8-9-20-29(26)33(31)30(27)28;1-10(2,3)8(12)7-9(13)11(4,5)6;/h1-11,13-20H;7,12H,1-6H3;/q-1;;/b;8-7-;. The average molecular weight is 796 g/mol. The summed E-state index contributed by atoms with van der Waals surface area (Å²) in [5, 5.41) is 16.8. The number of nitrogens with zero attached hydrogens (tertiary/aromatic N) is 2. The van der Waals surface area contributed by atoms with Crippen molar-refractivity contribution in [1.29, 1.82) is 0 Å². The monoisotopic (exact) mass is 796 g/mol. The van der Waals surface area contributed by atoms with E-state index in [1.165, 1.54) is 38.4 Å². The fourth-order valence-electron chi connectivity index (χ4n) is 5.65. The van der Waals surface area contributed by atoms with Crippen molar-refractivity contribution in [3.8, 4) is 11.4 Å². The zero-order valence-corrected chi connectivity index (χ0v) is 30.0. The van der Waals surface area contributed by atoms with E-state index in [2.05, 4.69) is 108 Å². The summed E-state index contributed by atoms with van der Waals surface area (Å²) in [5.41, 5.74) is 3.45. The molecule has 0 saturated heterocycles. The minimum Gasteiger partial charge on any atom is -0.512 e. The molecular weight excluding hydrogens is 757 g/mol. The van der Waals surface area contributed by atoms with E-state index in [0.717, 1.165) is 27.9 Å². The molecule has 5 heteroatoms. The zero-order chi connectivity index (χ0) is 32.6. The van der Waals surface area contributed by atoms with Gasteiger partial charge in [-0.3, -0.25) is 9.78 Å². The van der Waals surface area contributed by atoms with Crippen molar-refractivity contribution in [2.24, 2.45) is 10.8 Å². The van der Waals surface area contributed by atoms with E-state index in [1.54, 1.807) is 0 Å². The van der Waals surface area contributed by atoms with Gasteiger partial charge in [-0.1, -0.05) is 120 Å². The molecule has 0 atom stereocenters. The van der Waals surface area contributed by atoms with Crippen LogP contribution in [0.2, 0.25) is 0 Å². The SMILES string of the molecule is CC(C)(C)C(=O)/C=C(\O)C(C)(C)C.[Ir].[c-]1ccccc1-c1nc2cccc3c4ccccc4c4ccccc4c4ccccc4n1c23. The number of aliphatic hydroxyl groups excluding tert-OH is 1. The van der Waals surface area contributed by atoms with Crippen LogP contribution in [0.25, 0.3) is 60.3 Å². The number of carbonyl (C=O) groups is 1. The van der Waals surface area contributed by atoms with Gasteiger partial charge in [-0.2, -0.15) is 0 Å². The number of hydrogen-bond donors (Lipinski definition) is 1. The fraction of sp³-hybridized carbons (Fsp3) is 0.190. The summed E-state index contributed by atoms with van der Waals surface area (Å²) >= 11 is 0. The predicted octanol–water partition coefficient (Wildman–Crippen LogP) is 11.1. The van der Waals surface area contributed by atoms with Crippen LogP contribution >= 0.6 is 0 Å². The maximum atomic E-state index is 11.5. The molecule has 4 nitrogen and oxygen atoms in total. The summed E-state index contributed by atoms with van der Waals surface area (Å²) in [5.74, 6) is 1.01. The third-order valence-corrected chi connectivity index (χ3v) is 8.27. The van der Waals surface area contributed by atoms with Crippen molar-refractivity contribution in [2.45, 2.75) is 41.5 Å². The molecule has 0 aliphatic carbocycles. The van der Waals surface area contributed by atoms with Crippen molar-refractivity contribution < 1.29 is 30.0 Å². The first kappa shape index (κ1) is 33.8. The van der Waals surface area contributed by atoms with Gasteiger partial charge in [-0.05, 0) is 33.7 Å². The molecule has 0 amide bonds. The predicted molar refractivity (Wildman–Crippen MR) is 193 cm³/mol. The molecule has 0 aliphatic rings. The number of allylic oxidation sites excluding steroid dienone is 2. The Balaban J connectivity index is 0.000000267. The summed E-state index contributed by atoms with van der Waals surface area (Å²) in [6, 6.07) is 44.0. The maximum Gasteiger partial charge on any atom is 0.164 e. The number of aromatic nitrogens is 2. The van der Waals surface area contributed by atoms with E-state index in [4.69, 9.17) is 4.98 Å². The van der Waals surface area contributed by atoms with Gasteiger partial charge < -0.3 is 9.51 Å². The Morgan fingerprint density at radius 1 is 0.660 bits per heavy atom. The normalized spacial score (nSPS) is 12.2. The number of aliphatic hydroxyl groups is 1. The number of imidazole rings is 1. The largest absolute Gasteiger partial charge is 0.512 e. The first-order valence-electron chi connectivity index (χ1n) is 15.7. The molecule has 1 radical (unpaired) electrons. The van der Waals surface area contributed by atoms with Crippen LogP contribution in [0, 0.1) is 16.9 Å². The van der Waals surface area contributed by atoms with Crippen LogP contribution < -0.4 is 0 Å². The summed E-state index contributed by atoms with van der Waals surface area (Å²) in [7, 11) is 0. The first-order chi connectivity index (χ1) is 21.9. The molecule has 2 aromatic heterocycles. The molecule has 0 saturated carbocycles. The van der Waals surface area contributed by atoms with Gasteiger partial charge in [0.05, 0.1) is 16.9 Å². The Kier molecular flexibility index (Phi) is 9.54. The minimum absolute atomic E-state index is 0. The Morgan fingerprint density at radius 3 is 1.72 bits per heavy atom. The van der Waals surface area contributed by atoms with Crippen molar-refractivity contribution in [1.82, 2.24) is 9.38 Å². The second kappa shape index (κ2) is 13.3. The second-order valence-electron chi connectivity index (χ2n) is 13.7. The molecule has 239 valence electrons. The topological polar surface area (TPSA) is 54.6 Å². The van der Waals surface area contributed by atoms with Crippen LogP contribution in [-0.4, -0.2) is 20.3 Å². The first-order valence-corrected chi connectivity index (χ1v) is 15.7. The van der Waals surface area contributed by atoms with Crippen molar-refractivity contribution in [3.63, 3.8) is 0 Å². The number of hydrogen-bond acceptors (Lipinski definition) is 3. The Hall–Kier alpha value is -4.57. The molecule has 0 unspecified atom stereocenters. The van der Waals surface area contributed by atoms with Crippen LogP contribution in [0.3, 0.4) is 0 Å². The van der Waals surface area contributed by atoms with E-state index in [9.17, 15) is 9.90 Å². The van der Waals surface area contributed by atoms with Crippen molar-refractivity contribution in [3.05, 3.63) is 133 Å². The number of carbonyl (C=O) groups excluding carboxylic acids is 1. The van der Waals surface area contributed by atoms with Crippen LogP contribution in [0.15, 0.2) is 127 Å². The third-order valence-electron chi connectivity index (χ3n) is 8.27. The maximum absolute atomic E-state index is 11.5. The van der Waals surface area contributed by atoms with E-state index in [0.29, 0.717) is 0 Å². The number of benzene rings is 5. The van der Waals surface area contributed by atoms with Gasteiger partial charge in [0.1, 0.15) is 5.76 Å². The smallest absolute Gasteiger partial charge is 0.164 e. The van der Waals surface area contributed by atoms with Gasteiger partial charge in [0.25, 0.3) is 0 Å². The number of fused-ring (bicyclic) bond motifs is 7. The second-order valence-corrected chi connectivity index (χ2v) is 13.7. The Morgan fingerprint density at radius 2 is 1.17 bits per heavy atom. The summed E-state index contributed by atoms with van der Waals surface area (Å²) in [6.07, 6.45) is 1.33. The molecule has 0 spiro atoms. The van der Waals surface area contributed by atoms with Crippen LogP contribution in [0.4, 0.5) is 0 Å². The molecule has 1 N–H and O–H groups in total.